The van der Waals surface area contributed by atoms with E-state index in [1.165, 1.54) is 7.11 Å². The molecule has 1 aliphatic rings. The van der Waals surface area contributed by atoms with E-state index >= 15 is 0 Å². The van der Waals surface area contributed by atoms with Crippen LogP contribution in [0.25, 0.3) is 15.6 Å². The first-order chi connectivity index (χ1) is 13.5. The molecule has 0 unspecified atom stereocenters. The fourth-order valence-corrected chi connectivity index (χ4v) is 2.97. The molecule has 0 radical (unpaired) electrons. The van der Waals surface area contributed by atoms with Crippen molar-refractivity contribution >= 4 is 22.4 Å². The summed E-state index contributed by atoms with van der Waals surface area (Å²) in [5.74, 6) is 7.16. The van der Waals surface area contributed by atoms with Crippen molar-refractivity contribution in [3.63, 3.8) is 0 Å². The van der Waals surface area contributed by atoms with Gasteiger partial charge in [0.2, 0.25) is 17.5 Å². The Kier molecular flexibility index (Phi) is 5.98. The Balaban J connectivity index is 2.00. The Bertz CT molecular complexity index is 999. The molecular formula is C21H22N4O3. The topological polar surface area (TPSA) is 68.1 Å². The molecule has 2 heterocycles. The number of hydrogen-bond acceptors (Lipinski definition) is 5. The zero-order valence-corrected chi connectivity index (χ0v) is 16.2. The van der Waals surface area contributed by atoms with E-state index in [-0.39, 0.29) is 11.9 Å². The Morgan fingerprint density at radius 1 is 1.39 bits per heavy atom. The molecule has 1 aliphatic heterocycles. The van der Waals surface area contributed by atoms with Gasteiger partial charge in [-0.3, -0.25) is 9.69 Å². The molecule has 144 valence electrons. The Morgan fingerprint density at radius 3 is 2.86 bits per heavy atom. The van der Waals surface area contributed by atoms with Gasteiger partial charge in [-0.2, -0.15) is 0 Å². The molecule has 28 heavy (non-hydrogen) atoms. The Morgan fingerprint density at radius 2 is 2.21 bits per heavy atom. The molecule has 7 heteroatoms. The molecule has 1 aromatic heterocycles. The highest BCUT2D eigenvalue weighted by atomic mass is 16.5. The minimum absolute atomic E-state index is 0.0201. The van der Waals surface area contributed by atoms with Crippen LogP contribution in [0, 0.1) is 18.4 Å². The van der Waals surface area contributed by atoms with Crippen LogP contribution in [0.5, 0.6) is 11.6 Å². The highest BCUT2D eigenvalue weighted by molar-refractivity contribution is 5.96. The van der Waals surface area contributed by atoms with Crippen LogP contribution in [0.1, 0.15) is 18.4 Å². The molecular weight excluding hydrogens is 356 g/mol. The summed E-state index contributed by atoms with van der Waals surface area (Å²) in [6, 6.07) is 3.50. The summed E-state index contributed by atoms with van der Waals surface area (Å²) in [5.41, 5.74) is 1.14. The van der Waals surface area contributed by atoms with Crippen molar-refractivity contribution in [3.05, 3.63) is 35.3 Å². The summed E-state index contributed by atoms with van der Waals surface area (Å²) in [6.07, 6.45) is 2.93. The van der Waals surface area contributed by atoms with Gasteiger partial charge in [-0.1, -0.05) is 11.8 Å². The maximum atomic E-state index is 11.4. The van der Waals surface area contributed by atoms with Gasteiger partial charge < -0.3 is 14.8 Å². The Labute approximate surface area is 164 Å². The SMILES string of the molecule is [C-]#[N+]c1cc2c(C#CCN(C)C)cnc(OC[C@@H]3CCC(=O)N3)c2cc1OC. The second kappa shape index (κ2) is 8.60. The zero-order valence-electron chi connectivity index (χ0n) is 16.2. The van der Waals surface area contributed by atoms with E-state index < -0.39 is 0 Å². The molecule has 1 fully saturated rings. The number of ether oxygens (including phenoxy) is 2. The van der Waals surface area contributed by atoms with Crippen LogP contribution >= 0.6 is 0 Å². The largest absolute Gasteiger partial charge is 0.508 e. The molecule has 1 atom stereocenters. The van der Waals surface area contributed by atoms with Gasteiger partial charge in [0.05, 0.1) is 26.3 Å². The lowest BCUT2D eigenvalue weighted by Gasteiger charge is -2.14. The molecule has 0 bridgehead atoms. The quantitative estimate of drug-likeness (QED) is 0.639. The standard InChI is InChI=1S/C21H22N4O3/c1-22-18-10-16-14(6-5-9-25(2)3)12-23-21(17(16)11-19(18)27-4)28-13-15-7-8-20(26)24-15/h10-12,15H,7-9,13H2,2-4H3,(H,24,26)/t15-/m0/s1. The van der Waals surface area contributed by atoms with Gasteiger partial charge in [-0.25, -0.2) is 9.83 Å². The number of carbonyl (C=O) groups is 1. The van der Waals surface area contributed by atoms with E-state index in [4.69, 9.17) is 16.0 Å². The van der Waals surface area contributed by atoms with Gasteiger partial charge in [-0.05, 0) is 38.0 Å². The summed E-state index contributed by atoms with van der Waals surface area (Å²) in [4.78, 5) is 21.3. The van der Waals surface area contributed by atoms with Crippen molar-refractivity contribution in [2.75, 3.05) is 34.4 Å². The second-order valence-corrected chi connectivity index (χ2v) is 6.81. The number of nitrogens with one attached hydrogen (secondary N) is 1. The highest BCUT2D eigenvalue weighted by Gasteiger charge is 2.22. The van der Waals surface area contributed by atoms with Gasteiger partial charge in [0.1, 0.15) is 12.4 Å². The molecule has 0 spiro atoms. The Hall–Kier alpha value is -3.29. The van der Waals surface area contributed by atoms with E-state index in [0.29, 0.717) is 36.9 Å². The van der Waals surface area contributed by atoms with Crippen molar-refractivity contribution in [2.24, 2.45) is 0 Å². The number of methoxy groups -OCH3 is 1. The molecule has 1 saturated heterocycles. The van der Waals surface area contributed by atoms with Gasteiger partial charge in [0.25, 0.3) is 0 Å². The summed E-state index contributed by atoms with van der Waals surface area (Å²) >= 11 is 0. The molecule has 3 rings (SSSR count). The number of hydrogen-bond donors (Lipinski definition) is 1. The fourth-order valence-electron chi connectivity index (χ4n) is 2.97. The van der Waals surface area contributed by atoms with Gasteiger partial charge >= 0.3 is 0 Å². The van der Waals surface area contributed by atoms with Crippen molar-refractivity contribution < 1.29 is 14.3 Å². The summed E-state index contributed by atoms with van der Waals surface area (Å²) < 4.78 is 11.3. The van der Waals surface area contributed by atoms with E-state index in [0.717, 1.165) is 22.8 Å². The minimum Gasteiger partial charge on any atom is -0.508 e. The van der Waals surface area contributed by atoms with Crippen LogP contribution in [0.3, 0.4) is 0 Å². The molecule has 1 amide bonds. The predicted octanol–water partition coefficient (Wildman–Crippen LogP) is 2.36. The first-order valence-corrected chi connectivity index (χ1v) is 8.95. The lowest BCUT2D eigenvalue weighted by Crippen LogP contribution is -2.31. The van der Waals surface area contributed by atoms with Crippen LogP contribution < -0.4 is 14.8 Å². The number of aromatic nitrogens is 1. The van der Waals surface area contributed by atoms with Gasteiger partial charge in [-0.15, -0.1) is 0 Å². The van der Waals surface area contributed by atoms with E-state index in [9.17, 15) is 4.79 Å². The molecule has 2 aromatic rings. The number of amides is 1. The zero-order chi connectivity index (χ0) is 20.1. The molecule has 1 aromatic carbocycles. The maximum Gasteiger partial charge on any atom is 0.228 e. The minimum atomic E-state index is -0.0201. The van der Waals surface area contributed by atoms with Crippen LogP contribution in [-0.4, -0.2) is 56.2 Å². The van der Waals surface area contributed by atoms with Crippen molar-refractivity contribution in [1.82, 2.24) is 15.2 Å². The number of pyridine rings is 1. The van der Waals surface area contributed by atoms with Gasteiger partial charge in [0, 0.05) is 23.6 Å². The lowest BCUT2D eigenvalue weighted by molar-refractivity contribution is -0.119. The first kappa shape index (κ1) is 19.5. The normalized spacial score (nSPS) is 15.7. The maximum absolute atomic E-state index is 11.4. The van der Waals surface area contributed by atoms with Crippen molar-refractivity contribution in [2.45, 2.75) is 18.9 Å². The number of nitrogens with zero attached hydrogens (tertiary/aromatic N) is 3. The van der Waals surface area contributed by atoms with E-state index in [1.807, 2.05) is 19.0 Å². The molecule has 7 nitrogen and oxygen atoms in total. The number of rotatable bonds is 5. The smallest absolute Gasteiger partial charge is 0.228 e. The third-order valence-corrected chi connectivity index (χ3v) is 4.40. The van der Waals surface area contributed by atoms with E-state index in [1.54, 1.807) is 18.3 Å². The van der Waals surface area contributed by atoms with Crippen LogP contribution in [0.2, 0.25) is 0 Å². The van der Waals surface area contributed by atoms with Gasteiger partial charge in [0.15, 0.2) is 0 Å². The average molecular weight is 378 g/mol. The van der Waals surface area contributed by atoms with Crippen molar-refractivity contribution in [3.8, 4) is 23.5 Å². The molecule has 0 aliphatic carbocycles. The fraction of sp³-hybridized carbons (Fsp3) is 0.381. The second-order valence-electron chi connectivity index (χ2n) is 6.81. The number of fused-ring (bicyclic) bond motifs is 1. The first-order valence-electron chi connectivity index (χ1n) is 8.95. The molecule has 0 saturated carbocycles. The average Bonchev–Trinajstić information content (AvgIpc) is 3.10. The molecule has 1 N–H and O–H groups in total. The summed E-state index contributed by atoms with van der Waals surface area (Å²) in [7, 11) is 5.43. The summed E-state index contributed by atoms with van der Waals surface area (Å²) in [6.45, 7) is 8.37. The predicted molar refractivity (Wildman–Crippen MR) is 107 cm³/mol. The third-order valence-electron chi connectivity index (χ3n) is 4.40. The third kappa shape index (κ3) is 4.33. The highest BCUT2D eigenvalue weighted by Crippen LogP contribution is 2.37. The van der Waals surface area contributed by atoms with E-state index in [2.05, 4.69) is 27.0 Å². The monoisotopic (exact) mass is 378 g/mol. The van der Waals surface area contributed by atoms with Crippen molar-refractivity contribution in [1.29, 1.82) is 0 Å². The van der Waals surface area contributed by atoms with Crippen LogP contribution in [0.4, 0.5) is 5.69 Å². The lowest BCUT2D eigenvalue weighted by atomic mass is 10.1. The van der Waals surface area contributed by atoms with Crippen LogP contribution in [0.15, 0.2) is 18.3 Å². The summed E-state index contributed by atoms with van der Waals surface area (Å²) in [5, 5.41) is 4.40. The number of carbonyl (C=O) groups excluding carboxylic acids is 1. The number of benzene rings is 1. The van der Waals surface area contributed by atoms with Crippen LogP contribution in [-0.2, 0) is 4.79 Å².